The summed E-state index contributed by atoms with van der Waals surface area (Å²) in [6, 6.07) is 20.8. The first kappa shape index (κ1) is 49.7. The Balaban J connectivity index is 1.30. The zero-order chi connectivity index (χ0) is 51.6. The molecule has 18 heteroatoms. The maximum Gasteiger partial charge on any atom is 0.422 e. The molecule has 16 nitrogen and oxygen atoms in total. The van der Waals surface area contributed by atoms with E-state index in [4.69, 9.17) is 23.0 Å². The Labute approximate surface area is 417 Å². The van der Waals surface area contributed by atoms with Crippen LogP contribution in [-0.4, -0.2) is 85.9 Å². The van der Waals surface area contributed by atoms with Gasteiger partial charge in [-0.1, -0.05) is 60.8 Å². The molecular weight excluding hydrogens is 949 g/mol. The van der Waals surface area contributed by atoms with Crippen molar-refractivity contribution < 1.29 is 56.6 Å². The summed E-state index contributed by atoms with van der Waals surface area (Å²) >= 11 is 2.20. The fraction of sp³-hybridized carbons (Fsp3) is 0.264. The fourth-order valence-electron chi connectivity index (χ4n) is 8.07. The van der Waals surface area contributed by atoms with Gasteiger partial charge in [0.1, 0.15) is 39.4 Å². The summed E-state index contributed by atoms with van der Waals surface area (Å²) in [6.45, 7) is 20.2. The monoisotopic (exact) mass is 998 g/mol. The number of hydrogen-bond acceptors (Lipinski definition) is 14. The number of hydrogen-bond donors (Lipinski definition) is 0. The molecule has 8 rings (SSSR count). The molecule has 0 unspecified atom stereocenters. The largest absolute Gasteiger partial charge is 0.454 e. The lowest BCUT2D eigenvalue weighted by molar-refractivity contribution is -0.124. The molecule has 0 N–H and O–H groups in total. The number of rotatable bonds is 9. The zero-order valence-electron chi connectivity index (χ0n) is 40.9. The minimum Gasteiger partial charge on any atom is -0.454 e. The number of thioether (sulfide) groups is 1. The summed E-state index contributed by atoms with van der Waals surface area (Å²) in [7, 11) is 1.52. The molecule has 3 aliphatic rings. The molecule has 3 aromatic heterocycles. The van der Waals surface area contributed by atoms with Crippen LogP contribution in [0.5, 0.6) is 0 Å². The highest BCUT2D eigenvalue weighted by Gasteiger charge is 2.52. The first-order valence-electron chi connectivity index (χ1n) is 22.3. The van der Waals surface area contributed by atoms with Crippen LogP contribution in [-0.2, 0) is 33.4 Å². The molecule has 0 bridgehead atoms. The summed E-state index contributed by atoms with van der Waals surface area (Å²) in [4.78, 5) is 104. The standard InChI is InChI=1S/C53H50N4O12S2/c1-13-18-35(41-28(2)38(46(60)56(41)49(63)68-52(6,7)8)43(55(27-58)48(62)67-51(3,4)5)34-26-30-20-15-17-22-32(30)66-34)70-37-24-23-36(71-37)44-40-39(47(61)57(44)50(64)69-53(9,10)11)42(54(12)45(40)59)33-25-29-19-14-16-21-31(29)65-33/h13-27H,1H2,2-12H3/b35-18-,43-38+. The highest BCUT2D eigenvalue weighted by molar-refractivity contribution is 8.05. The summed E-state index contributed by atoms with van der Waals surface area (Å²) < 4.78 is 30.1. The quantitative estimate of drug-likeness (QED) is 0.0447. The average molecular weight is 999 g/mol. The Morgan fingerprint density at radius 3 is 1.85 bits per heavy atom. The lowest BCUT2D eigenvalue weighted by Crippen LogP contribution is -2.39. The maximum absolute atomic E-state index is 15.1. The van der Waals surface area contributed by atoms with Crippen LogP contribution >= 0.6 is 23.1 Å². The number of para-hydroxylation sites is 2. The number of carbonyl (C=O) groups excluding carboxylic acids is 7. The number of thiophene rings is 1. The molecular formula is C53H50N4O12S2. The van der Waals surface area contributed by atoms with E-state index in [1.807, 2.05) is 12.1 Å². The van der Waals surface area contributed by atoms with Crippen LogP contribution in [0.4, 0.5) is 14.4 Å². The van der Waals surface area contributed by atoms with Gasteiger partial charge in [-0.15, -0.1) is 11.3 Å². The Bertz CT molecular complexity index is 3250. The van der Waals surface area contributed by atoms with Gasteiger partial charge in [0.2, 0.25) is 6.41 Å². The Kier molecular flexibility index (Phi) is 12.8. The number of allylic oxidation sites excluding steroid dienone is 2. The van der Waals surface area contributed by atoms with Gasteiger partial charge < -0.3 is 27.9 Å². The molecule has 2 aromatic carbocycles. The third-order valence-electron chi connectivity index (χ3n) is 10.8. The third kappa shape index (κ3) is 9.39. The Hall–Kier alpha value is -7.70. The molecule has 0 atom stereocenters. The van der Waals surface area contributed by atoms with Crippen molar-refractivity contribution in [1.29, 1.82) is 0 Å². The average Bonchev–Trinajstić information content (AvgIpc) is 4.12. The molecule has 0 saturated carbocycles. The zero-order valence-corrected chi connectivity index (χ0v) is 42.5. The Morgan fingerprint density at radius 2 is 1.28 bits per heavy atom. The molecule has 7 amide bonds. The second-order valence-electron chi connectivity index (χ2n) is 19.5. The summed E-state index contributed by atoms with van der Waals surface area (Å²) in [5, 5.41) is 1.33. The third-order valence-corrected chi connectivity index (χ3v) is 13.0. The van der Waals surface area contributed by atoms with Crippen LogP contribution in [0.2, 0.25) is 0 Å². The fourth-order valence-corrected chi connectivity index (χ4v) is 10.4. The SMILES string of the molecule is C=C/C=C(\Sc1ccc(C2=C3C(=O)N(C)C(c4cc5ccccc5o4)=C3C(=O)N2C(=O)OC(C)(C)C)s1)C1=C(C)/C(=C(/c2cc3ccccc3o2)N(C=O)C(=O)OC(C)(C)C)C(=O)N1C(=O)OC(C)(C)C. The topological polar surface area (TPSA) is 186 Å². The number of likely N-dealkylation sites (N-methyl/N-ethyl adjacent to an activating group) is 1. The highest BCUT2D eigenvalue weighted by atomic mass is 32.2. The van der Waals surface area contributed by atoms with Crippen LogP contribution in [0.1, 0.15) is 85.6 Å². The van der Waals surface area contributed by atoms with E-state index in [1.54, 1.807) is 136 Å². The van der Waals surface area contributed by atoms with Gasteiger partial charge in [-0.3, -0.25) is 19.2 Å². The van der Waals surface area contributed by atoms with E-state index >= 15 is 4.79 Å². The molecule has 0 radical (unpaired) electrons. The van der Waals surface area contributed by atoms with Crippen molar-refractivity contribution in [2.24, 2.45) is 0 Å². The summed E-state index contributed by atoms with van der Waals surface area (Å²) in [5.74, 6) is -2.11. The van der Waals surface area contributed by atoms with E-state index in [9.17, 15) is 28.8 Å². The molecule has 6 heterocycles. The molecule has 0 spiro atoms. The predicted octanol–water partition coefficient (Wildman–Crippen LogP) is 11.6. The number of carbonyl (C=O) groups is 7. The Morgan fingerprint density at radius 1 is 0.718 bits per heavy atom. The summed E-state index contributed by atoms with van der Waals surface area (Å²) in [5.41, 5.74) is -2.57. The molecule has 0 aliphatic carbocycles. The van der Waals surface area contributed by atoms with Crippen LogP contribution in [0, 0.1) is 0 Å². The number of nitrogens with zero attached hydrogens (tertiary/aromatic N) is 4. The van der Waals surface area contributed by atoms with Crippen molar-refractivity contribution in [2.45, 2.75) is 90.2 Å². The number of amides is 7. The number of fused-ring (bicyclic) bond motifs is 3. The first-order valence-corrected chi connectivity index (χ1v) is 23.9. The van der Waals surface area contributed by atoms with E-state index < -0.39 is 52.8 Å². The minimum atomic E-state index is -1.12. The number of furan rings is 2. The van der Waals surface area contributed by atoms with Gasteiger partial charge in [0.25, 0.3) is 17.7 Å². The van der Waals surface area contributed by atoms with E-state index in [0.717, 1.165) is 38.3 Å². The van der Waals surface area contributed by atoms with Crippen molar-refractivity contribution in [1.82, 2.24) is 19.6 Å². The highest BCUT2D eigenvalue weighted by Crippen LogP contribution is 2.51. The van der Waals surface area contributed by atoms with Crippen LogP contribution in [0.25, 0.3) is 39.0 Å². The smallest absolute Gasteiger partial charge is 0.422 e. The molecule has 0 saturated heterocycles. The van der Waals surface area contributed by atoms with E-state index in [-0.39, 0.29) is 67.9 Å². The van der Waals surface area contributed by atoms with Gasteiger partial charge in [0, 0.05) is 22.7 Å². The van der Waals surface area contributed by atoms with E-state index in [1.165, 1.54) is 18.0 Å². The van der Waals surface area contributed by atoms with Crippen molar-refractivity contribution in [2.75, 3.05) is 7.05 Å². The molecule has 5 aromatic rings. The number of ether oxygens (including phenoxy) is 3. The second-order valence-corrected chi connectivity index (χ2v) is 21.9. The molecule has 366 valence electrons. The normalized spacial score (nSPS) is 16.5. The second kappa shape index (κ2) is 18.2. The van der Waals surface area contributed by atoms with Crippen molar-refractivity contribution in [3.63, 3.8) is 0 Å². The van der Waals surface area contributed by atoms with Gasteiger partial charge in [0.15, 0.2) is 11.5 Å². The van der Waals surface area contributed by atoms with Gasteiger partial charge in [-0.2, -0.15) is 0 Å². The molecule has 0 fully saturated rings. The van der Waals surface area contributed by atoms with Crippen LogP contribution in [0.15, 0.2) is 137 Å². The van der Waals surface area contributed by atoms with E-state index in [0.29, 0.717) is 30.5 Å². The minimum absolute atomic E-state index is 0.00748. The van der Waals surface area contributed by atoms with Crippen molar-refractivity contribution in [3.8, 4) is 0 Å². The molecule has 3 aliphatic heterocycles. The van der Waals surface area contributed by atoms with Crippen LogP contribution < -0.4 is 0 Å². The number of imide groups is 3. The van der Waals surface area contributed by atoms with Crippen LogP contribution in [0.3, 0.4) is 0 Å². The molecule has 71 heavy (non-hydrogen) atoms. The number of benzene rings is 2. The summed E-state index contributed by atoms with van der Waals surface area (Å²) in [6.07, 6.45) is 0.0253. The van der Waals surface area contributed by atoms with Crippen molar-refractivity contribution >= 4 is 105 Å². The predicted molar refractivity (Wildman–Crippen MR) is 267 cm³/mol. The van der Waals surface area contributed by atoms with Crippen molar-refractivity contribution in [3.05, 3.63) is 141 Å². The lowest BCUT2D eigenvalue weighted by atomic mass is 10.0. The van der Waals surface area contributed by atoms with E-state index in [2.05, 4.69) is 6.58 Å². The van der Waals surface area contributed by atoms with Gasteiger partial charge in [-0.05, 0) is 117 Å². The lowest BCUT2D eigenvalue weighted by Gasteiger charge is -2.26. The van der Waals surface area contributed by atoms with Gasteiger partial charge in [-0.25, -0.2) is 29.1 Å². The van der Waals surface area contributed by atoms with Gasteiger partial charge >= 0.3 is 18.3 Å². The maximum atomic E-state index is 15.1. The first-order chi connectivity index (χ1) is 33.3. The van der Waals surface area contributed by atoms with Gasteiger partial charge in [0.05, 0.1) is 37.2 Å².